The number of carbonyl (C=O) groups is 1. The molecular formula is C18H18N4O3S. The molecule has 8 heteroatoms. The van der Waals surface area contributed by atoms with Crippen molar-refractivity contribution in [2.75, 3.05) is 5.32 Å². The summed E-state index contributed by atoms with van der Waals surface area (Å²) in [4.78, 5) is 11.1. The van der Waals surface area contributed by atoms with Crippen LogP contribution in [0.1, 0.15) is 12.6 Å². The number of aromatic nitrogens is 2. The maximum absolute atomic E-state index is 12.4. The number of benzene rings is 2. The molecule has 1 amide bonds. The van der Waals surface area contributed by atoms with E-state index in [0.29, 0.717) is 11.4 Å². The Morgan fingerprint density at radius 3 is 2.38 bits per heavy atom. The zero-order valence-electron chi connectivity index (χ0n) is 14.1. The van der Waals surface area contributed by atoms with Gasteiger partial charge in [-0.25, -0.2) is 17.8 Å². The molecule has 3 aromatic rings. The lowest BCUT2D eigenvalue weighted by molar-refractivity contribution is -0.114. The lowest BCUT2D eigenvalue weighted by Crippen LogP contribution is -2.23. The van der Waals surface area contributed by atoms with Crippen molar-refractivity contribution in [1.29, 1.82) is 0 Å². The lowest BCUT2D eigenvalue weighted by Gasteiger charge is -2.07. The topological polar surface area (TPSA) is 93.1 Å². The van der Waals surface area contributed by atoms with Gasteiger partial charge in [0.25, 0.3) is 0 Å². The predicted molar refractivity (Wildman–Crippen MR) is 98.3 cm³/mol. The number of anilines is 1. The van der Waals surface area contributed by atoms with Crippen molar-refractivity contribution in [3.63, 3.8) is 0 Å². The molecule has 0 bridgehead atoms. The number of nitrogens with zero attached hydrogens (tertiary/aromatic N) is 2. The van der Waals surface area contributed by atoms with Crippen LogP contribution in [-0.4, -0.2) is 24.1 Å². The van der Waals surface area contributed by atoms with Crippen LogP contribution in [-0.2, 0) is 21.4 Å². The maximum atomic E-state index is 12.4. The van der Waals surface area contributed by atoms with Crippen molar-refractivity contribution in [3.05, 3.63) is 72.6 Å². The van der Waals surface area contributed by atoms with Crippen LogP contribution in [0.3, 0.4) is 0 Å². The molecule has 0 fully saturated rings. The molecule has 0 spiro atoms. The lowest BCUT2D eigenvalue weighted by atomic mass is 10.3. The molecule has 1 heterocycles. The van der Waals surface area contributed by atoms with Crippen LogP contribution in [0.2, 0.25) is 0 Å². The van der Waals surface area contributed by atoms with Gasteiger partial charge >= 0.3 is 0 Å². The van der Waals surface area contributed by atoms with Gasteiger partial charge < -0.3 is 5.32 Å². The molecule has 0 atom stereocenters. The summed E-state index contributed by atoms with van der Waals surface area (Å²) in [5, 5.41) is 6.96. The molecule has 26 heavy (non-hydrogen) atoms. The molecule has 0 aliphatic heterocycles. The van der Waals surface area contributed by atoms with E-state index < -0.39 is 10.0 Å². The van der Waals surface area contributed by atoms with Crippen molar-refractivity contribution in [2.24, 2.45) is 0 Å². The molecule has 0 radical (unpaired) electrons. The van der Waals surface area contributed by atoms with Gasteiger partial charge in [-0.15, -0.1) is 0 Å². The number of amides is 1. The van der Waals surface area contributed by atoms with Crippen molar-refractivity contribution < 1.29 is 13.2 Å². The number of carbonyl (C=O) groups excluding carboxylic acids is 1. The molecule has 0 unspecified atom stereocenters. The summed E-state index contributed by atoms with van der Waals surface area (Å²) < 4.78 is 29.0. The van der Waals surface area contributed by atoms with Crippen molar-refractivity contribution in [2.45, 2.75) is 18.4 Å². The SMILES string of the molecule is CC(=O)Nc1ccc(S(=O)(=O)NCc2ccn(-c3ccccc3)n2)cc1. The predicted octanol–water partition coefficient (Wildman–Crippen LogP) is 2.31. The van der Waals surface area contributed by atoms with Crippen LogP contribution in [0.25, 0.3) is 5.69 Å². The van der Waals surface area contributed by atoms with Crippen LogP contribution >= 0.6 is 0 Å². The molecule has 2 aromatic carbocycles. The molecule has 0 aliphatic carbocycles. The highest BCUT2D eigenvalue weighted by atomic mass is 32.2. The molecule has 0 saturated carbocycles. The minimum atomic E-state index is -3.67. The fourth-order valence-electron chi connectivity index (χ4n) is 2.35. The molecule has 3 rings (SSSR count). The highest BCUT2D eigenvalue weighted by Crippen LogP contribution is 2.14. The van der Waals surface area contributed by atoms with Gasteiger partial charge in [-0.3, -0.25) is 4.79 Å². The van der Waals surface area contributed by atoms with Crippen molar-refractivity contribution in [1.82, 2.24) is 14.5 Å². The smallest absolute Gasteiger partial charge is 0.240 e. The van der Waals surface area contributed by atoms with Gasteiger partial charge in [0, 0.05) is 18.8 Å². The third-order valence-electron chi connectivity index (χ3n) is 3.59. The Morgan fingerprint density at radius 1 is 1.04 bits per heavy atom. The van der Waals surface area contributed by atoms with Crippen molar-refractivity contribution in [3.8, 4) is 5.69 Å². The first kappa shape index (κ1) is 17.8. The van der Waals surface area contributed by atoms with E-state index in [1.165, 1.54) is 19.1 Å². The standard InChI is InChI=1S/C18H18N4O3S/c1-14(23)20-15-7-9-18(10-8-15)26(24,25)19-13-16-11-12-22(21-16)17-5-3-2-4-6-17/h2-12,19H,13H2,1H3,(H,20,23). The van der Waals surface area contributed by atoms with Crippen LogP contribution in [0.15, 0.2) is 71.8 Å². The highest BCUT2D eigenvalue weighted by Gasteiger charge is 2.14. The third-order valence-corrected chi connectivity index (χ3v) is 5.01. The second-order valence-corrected chi connectivity index (χ2v) is 7.38. The number of hydrogen-bond donors (Lipinski definition) is 2. The van der Waals surface area contributed by atoms with Gasteiger partial charge in [0.15, 0.2) is 0 Å². The van der Waals surface area contributed by atoms with Gasteiger partial charge in [0.1, 0.15) is 0 Å². The third kappa shape index (κ3) is 4.35. The maximum Gasteiger partial charge on any atom is 0.240 e. The average Bonchev–Trinajstić information content (AvgIpc) is 3.10. The van der Waals surface area contributed by atoms with Crippen LogP contribution in [0.4, 0.5) is 5.69 Å². The molecule has 7 nitrogen and oxygen atoms in total. The number of para-hydroxylation sites is 1. The zero-order chi connectivity index (χ0) is 18.6. The molecule has 0 aliphatic rings. The Balaban J connectivity index is 1.67. The quantitative estimate of drug-likeness (QED) is 0.696. The minimum Gasteiger partial charge on any atom is -0.326 e. The van der Waals surface area contributed by atoms with Gasteiger partial charge in [-0.05, 0) is 42.5 Å². The Kier molecular flexibility index (Phi) is 5.15. The van der Waals surface area contributed by atoms with E-state index in [-0.39, 0.29) is 17.3 Å². The summed E-state index contributed by atoms with van der Waals surface area (Å²) in [6.45, 7) is 1.47. The molecular weight excluding hydrogens is 352 g/mol. The van der Waals surface area contributed by atoms with Gasteiger partial charge in [0.05, 0.1) is 22.8 Å². The monoisotopic (exact) mass is 370 g/mol. The van der Waals surface area contributed by atoms with Gasteiger partial charge in [-0.2, -0.15) is 5.10 Å². The Morgan fingerprint density at radius 2 is 1.73 bits per heavy atom. The van der Waals surface area contributed by atoms with E-state index in [0.717, 1.165) is 5.69 Å². The van der Waals surface area contributed by atoms with Crippen LogP contribution < -0.4 is 10.0 Å². The summed E-state index contributed by atoms with van der Waals surface area (Å²) in [7, 11) is -3.67. The largest absolute Gasteiger partial charge is 0.326 e. The number of nitrogens with one attached hydrogen (secondary N) is 2. The van der Waals surface area contributed by atoms with Gasteiger partial charge in [0.2, 0.25) is 15.9 Å². The van der Waals surface area contributed by atoms with E-state index >= 15 is 0 Å². The van der Waals surface area contributed by atoms with E-state index in [4.69, 9.17) is 0 Å². The zero-order valence-corrected chi connectivity index (χ0v) is 14.9. The van der Waals surface area contributed by atoms with E-state index in [2.05, 4.69) is 15.1 Å². The Bertz CT molecular complexity index is 996. The summed E-state index contributed by atoms with van der Waals surface area (Å²) in [6, 6.07) is 17.3. The number of sulfonamides is 1. The summed E-state index contributed by atoms with van der Waals surface area (Å²) in [5.74, 6) is -0.215. The van der Waals surface area contributed by atoms with E-state index in [1.807, 2.05) is 30.3 Å². The fraction of sp³-hybridized carbons (Fsp3) is 0.111. The van der Waals surface area contributed by atoms with E-state index in [9.17, 15) is 13.2 Å². The molecule has 0 saturated heterocycles. The molecule has 134 valence electrons. The normalized spacial score (nSPS) is 11.3. The summed E-state index contributed by atoms with van der Waals surface area (Å²) in [5.41, 5.74) is 2.04. The minimum absolute atomic E-state index is 0.0790. The van der Waals surface area contributed by atoms with Crippen LogP contribution in [0.5, 0.6) is 0 Å². The fourth-order valence-corrected chi connectivity index (χ4v) is 3.35. The number of hydrogen-bond acceptors (Lipinski definition) is 4. The van der Waals surface area contributed by atoms with Crippen LogP contribution in [0, 0.1) is 0 Å². The van der Waals surface area contributed by atoms with E-state index in [1.54, 1.807) is 29.1 Å². The Labute approximate surface area is 151 Å². The molecule has 1 aromatic heterocycles. The number of rotatable bonds is 6. The average molecular weight is 370 g/mol. The van der Waals surface area contributed by atoms with Crippen molar-refractivity contribution >= 4 is 21.6 Å². The first-order chi connectivity index (χ1) is 12.4. The second kappa shape index (κ2) is 7.51. The summed E-state index contributed by atoms with van der Waals surface area (Å²) in [6.07, 6.45) is 1.78. The molecule has 2 N–H and O–H groups in total. The van der Waals surface area contributed by atoms with Gasteiger partial charge in [-0.1, -0.05) is 18.2 Å². The first-order valence-corrected chi connectivity index (χ1v) is 9.40. The highest BCUT2D eigenvalue weighted by molar-refractivity contribution is 7.89. The Hall–Kier alpha value is -2.97. The summed E-state index contributed by atoms with van der Waals surface area (Å²) >= 11 is 0. The first-order valence-electron chi connectivity index (χ1n) is 7.91. The second-order valence-electron chi connectivity index (χ2n) is 5.62.